The van der Waals surface area contributed by atoms with Gasteiger partial charge in [-0.25, -0.2) is 9.59 Å². The van der Waals surface area contributed by atoms with Crippen LogP contribution in [0, 0.1) is 0 Å². The molecule has 1 N–H and O–H groups in total. The molecule has 0 saturated carbocycles. The van der Waals surface area contributed by atoms with Crippen LogP contribution in [-0.4, -0.2) is 41.6 Å². The summed E-state index contributed by atoms with van der Waals surface area (Å²) in [5.41, 5.74) is -1.30. The molecular weight excluding hydrogens is 300 g/mol. The minimum Gasteiger partial charge on any atom is -0.463 e. The quantitative estimate of drug-likeness (QED) is 0.657. The van der Waals surface area contributed by atoms with Crippen molar-refractivity contribution in [1.82, 2.24) is 0 Å². The topological polar surface area (TPSA) is 82.1 Å². The van der Waals surface area contributed by atoms with E-state index in [1.54, 1.807) is 38.1 Å². The second kappa shape index (κ2) is 6.68. The average Bonchev–Trinajstić information content (AvgIpc) is 2.82. The third kappa shape index (κ3) is 3.23. The van der Waals surface area contributed by atoms with Crippen molar-refractivity contribution < 1.29 is 28.9 Å². The van der Waals surface area contributed by atoms with E-state index < -0.39 is 29.2 Å². The lowest BCUT2D eigenvalue weighted by Crippen LogP contribution is -2.53. The molecule has 0 amide bonds. The van der Waals surface area contributed by atoms with Crippen molar-refractivity contribution in [3.63, 3.8) is 0 Å². The summed E-state index contributed by atoms with van der Waals surface area (Å²) >= 11 is 0. The summed E-state index contributed by atoms with van der Waals surface area (Å²) in [6.07, 6.45) is 0.0780. The fourth-order valence-electron chi connectivity index (χ4n) is 2.95. The first-order valence-corrected chi connectivity index (χ1v) is 7.69. The molecule has 0 spiro atoms. The van der Waals surface area contributed by atoms with Gasteiger partial charge in [0.25, 0.3) is 5.60 Å². The molecule has 2 unspecified atom stereocenters. The molecule has 0 aromatic heterocycles. The van der Waals surface area contributed by atoms with E-state index in [0.717, 1.165) is 0 Å². The molecule has 1 heterocycles. The highest BCUT2D eigenvalue weighted by atomic mass is 16.7. The highest BCUT2D eigenvalue weighted by molar-refractivity contribution is 6.05. The van der Waals surface area contributed by atoms with Crippen LogP contribution in [0.1, 0.15) is 38.7 Å². The van der Waals surface area contributed by atoms with Gasteiger partial charge in [-0.1, -0.05) is 30.3 Å². The van der Waals surface area contributed by atoms with Crippen LogP contribution in [0.4, 0.5) is 0 Å². The van der Waals surface area contributed by atoms with Gasteiger partial charge in [0, 0.05) is 12.3 Å². The minimum atomic E-state index is -2.00. The Bertz CT molecular complexity index is 548. The number of benzene rings is 1. The Kier molecular flexibility index (Phi) is 5.06. The minimum absolute atomic E-state index is 0.0780. The molecule has 2 rings (SSSR count). The number of ether oxygens (including phenoxy) is 3. The molecule has 2 atom stereocenters. The Morgan fingerprint density at radius 3 is 2.17 bits per heavy atom. The van der Waals surface area contributed by atoms with Crippen LogP contribution in [0.15, 0.2) is 30.3 Å². The molecule has 0 aliphatic carbocycles. The lowest BCUT2D eigenvalue weighted by Gasteiger charge is -2.30. The molecule has 6 nitrogen and oxygen atoms in total. The van der Waals surface area contributed by atoms with Crippen LogP contribution in [0.5, 0.6) is 0 Å². The summed E-state index contributed by atoms with van der Waals surface area (Å²) in [7, 11) is 0. The van der Waals surface area contributed by atoms with Crippen molar-refractivity contribution in [2.45, 2.75) is 44.5 Å². The Morgan fingerprint density at radius 1 is 1.17 bits per heavy atom. The Labute approximate surface area is 135 Å². The second-order valence-electron chi connectivity index (χ2n) is 5.62. The molecule has 1 aromatic carbocycles. The van der Waals surface area contributed by atoms with Crippen molar-refractivity contribution in [3.05, 3.63) is 35.9 Å². The van der Waals surface area contributed by atoms with Gasteiger partial charge >= 0.3 is 11.9 Å². The Hall–Kier alpha value is -1.92. The molecule has 0 radical (unpaired) electrons. The van der Waals surface area contributed by atoms with Crippen molar-refractivity contribution >= 4 is 11.9 Å². The van der Waals surface area contributed by atoms with Gasteiger partial charge in [0.15, 0.2) is 5.79 Å². The van der Waals surface area contributed by atoms with Gasteiger partial charge in [0.1, 0.15) is 0 Å². The normalized spacial score (nSPS) is 25.8. The van der Waals surface area contributed by atoms with Crippen molar-refractivity contribution in [2.75, 3.05) is 13.2 Å². The molecule has 126 valence electrons. The molecule has 1 fully saturated rings. The van der Waals surface area contributed by atoms with Gasteiger partial charge in [-0.05, 0) is 26.3 Å². The predicted octanol–water partition coefficient (Wildman–Crippen LogP) is 1.76. The Morgan fingerprint density at radius 2 is 1.70 bits per heavy atom. The second-order valence-corrected chi connectivity index (χ2v) is 5.62. The molecule has 1 aliphatic rings. The number of carbonyl (C=O) groups excluding carboxylic acids is 2. The third-order valence-corrected chi connectivity index (χ3v) is 3.81. The SMILES string of the molecule is CCOC(=O)C1(C(=O)OCC)OC(C)(O)CC1c1ccccc1. The lowest BCUT2D eigenvalue weighted by atomic mass is 9.80. The molecule has 0 bridgehead atoms. The first-order valence-electron chi connectivity index (χ1n) is 7.69. The summed E-state index contributed by atoms with van der Waals surface area (Å²) in [4.78, 5) is 25.2. The van der Waals surface area contributed by atoms with Crippen LogP contribution in [-0.2, 0) is 23.8 Å². The van der Waals surface area contributed by atoms with E-state index >= 15 is 0 Å². The highest BCUT2D eigenvalue weighted by Gasteiger charge is 2.65. The molecule has 23 heavy (non-hydrogen) atoms. The zero-order valence-corrected chi connectivity index (χ0v) is 13.6. The van der Waals surface area contributed by atoms with Crippen LogP contribution in [0.25, 0.3) is 0 Å². The van der Waals surface area contributed by atoms with E-state index in [4.69, 9.17) is 14.2 Å². The smallest absolute Gasteiger partial charge is 0.351 e. The zero-order valence-electron chi connectivity index (χ0n) is 13.6. The van der Waals surface area contributed by atoms with E-state index in [1.165, 1.54) is 6.92 Å². The van der Waals surface area contributed by atoms with Crippen LogP contribution in [0.2, 0.25) is 0 Å². The molecule has 1 saturated heterocycles. The fraction of sp³-hybridized carbons (Fsp3) is 0.529. The maximum atomic E-state index is 12.6. The van der Waals surface area contributed by atoms with Crippen molar-refractivity contribution in [1.29, 1.82) is 0 Å². The number of esters is 2. The number of carbonyl (C=O) groups is 2. The van der Waals surface area contributed by atoms with Crippen LogP contribution < -0.4 is 0 Å². The van der Waals surface area contributed by atoms with Gasteiger partial charge in [-0.15, -0.1) is 0 Å². The molecule has 6 heteroatoms. The van der Waals surface area contributed by atoms with E-state index in [-0.39, 0.29) is 19.6 Å². The van der Waals surface area contributed by atoms with Crippen LogP contribution >= 0.6 is 0 Å². The number of aliphatic hydroxyl groups is 1. The van der Waals surface area contributed by atoms with Gasteiger partial charge in [-0.2, -0.15) is 0 Å². The highest BCUT2D eigenvalue weighted by Crippen LogP contribution is 2.48. The van der Waals surface area contributed by atoms with Crippen molar-refractivity contribution in [3.8, 4) is 0 Å². The molecular formula is C17H22O6. The van der Waals surface area contributed by atoms with E-state index in [9.17, 15) is 14.7 Å². The Balaban J connectivity index is 2.55. The fourth-order valence-corrected chi connectivity index (χ4v) is 2.95. The monoisotopic (exact) mass is 322 g/mol. The number of hydrogen-bond donors (Lipinski definition) is 1. The predicted molar refractivity (Wildman–Crippen MR) is 81.5 cm³/mol. The molecule has 1 aliphatic heterocycles. The standard InChI is InChI=1S/C17H22O6/c1-4-21-14(18)17(15(19)22-5-2)13(11-16(3,20)23-17)12-9-7-6-8-10-12/h6-10,13,20H,4-5,11H2,1-3H3. The van der Waals surface area contributed by atoms with Gasteiger partial charge in [-0.3, -0.25) is 0 Å². The van der Waals surface area contributed by atoms with Gasteiger partial charge < -0.3 is 19.3 Å². The first kappa shape index (κ1) is 17.4. The van der Waals surface area contributed by atoms with Gasteiger partial charge in [0.05, 0.1) is 13.2 Å². The summed E-state index contributed by atoms with van der Waals surface area (Å²) in [6.45, 7) is 4.88. The van der Waals surface area contributed by atoms with E-state index in [1.807, 2.05) is 6.07 Å². The van der Waals surface area contributed by atoms with E-state index in [0.29, 0.717) is 5.56 Å². The van der Waals surface area contributed by atoms with E-state index in [2.05, 4.69) is 0 Å². The molecule has 1 aromatic rings. The third-order valence-electron chi connectivity index (χ3n) is 3.81. The van der Waals surface area contributed by atoms with Crippen molar-refractivity contribution in [2.24, 2.45) is 0 Å². The average molecular weight is 322 g/mol. The summed E-state index contributed by atoms with van der Waals surface area (Å²) < 4.78 is 15.7. The number of rotatable bonds is 5. The van der Waals surface area contributed by atoms with Gasteiger partial charge in [0.2, 0.25) is 0 Å². The first-order chi connectivity index (χ1) is 10.9. The summed E-state index contributed by atoms with van der Waals surface area (Å²) in [5.74, 6) is -4.02. The number of hydrogen-bond acceptors (Lipinski definition) is 6. The lowest BCUT2D eigenvalue weighted by molar-refractivity contribution is -0.232. The summed E-state index contributed by atoms with van der Waals surface area (Å²) in [6, 6.07) is 8.98. The maximum absolute atomic E-state index is 12.6. The summed E-state index contributed by atoms with van der Waals surface area (Å²) in [5, 5.41) is 10.4. The van der Waals surface area contributed by atoms with Crippen LogP contribution in [0.3, 0.4) is 0 Å². The largest absolute Gasteiger partial charge is 0.463 e. The zero-order chi connectivity index (χ0) is 17.1. The maximum Gasteiger partial charge on any atom is 0.351 e.